The highest BCUT2D eigenvalue weighted by atomic mass is 16.2. The molecule has 4 nitrogen and oxygen atoms in total. The van der Waals surface area contributed by atoms with E-state index in [4.69, 9.17) is 5.26 Å². The third-order valence-electron chi connectivity index (χ3n) is 4.04. The Morgan fingerprint density at radius 1 is 1.14 bits per heavy atom. The molecule has 1 fully saturated rings. The predicted molar refractivity (Wildman–Crippen MR) is 82.8 cm³/mol. The molecule has 2 N–H and O–H groups in total. The SMILES string of the molecule is N#CC1CCCC1NC(=O)Nc1cccc2ccccc12. The zero-order chi connectivity index (χ0) is 14.7. The van der Waals surface area contributed by atoms with Gasteiger partial charge in [-0.2, -0.15) is 5.26 Å². The van der Waals surface area contributed by atoms with E-state index in [0.29, 0.717) is 0 Å². The van der Waals surface area contributed by atoms with Gasteiger partial charge < -0.3 is 10.6 Å². The van der Waals surface area contributed by atoms with Crippen molar-refractivity contribution in [1.82, 2.24) is 5.32 Å². The maximum absolute atomic E-state index is 12.1. The summed E-state index contributed by atoms with van der Waals surface area (Å²) in [5.41, 5.74) is 0.789. The van der Waals surface area contributed by atoms with Gasteiger partial charge in [-0.15, -0.1) is 0 Å². The molecule has 0 aromatic heterocycles. The second-order valence-corrected chi connectivity index (χ2v) is 5.40. The quantitative estimate of drug-likeness (QED) is 0.881. The van der Waals surface area contributed by atoms with Crippen LogP contribution in [0.25, 0.3) is 10.8 Å². The fourth-order valence-electron chi connectivity index (χ4n) is 2.95. The van der Waals surface area contributed by atoms with Crippen LogP contribution >= 0.6 is 0 Å². The van der Waals surface area contributed by atoms with E-state index in [1.54, 1.807) is 0 Å². The summed E-state index contributed by atoms with van der Waals surface area (Å²) in [5, 5.41) is 17.0. The molecule has 0 saturated heterocycles. The zero-order valence-electron chi connectivity index (χ0n) is 11.7. The third-order valence-corrected chi connectivity index (χ3v) is 4.04. The molecule has 0 spiro atoms. The summed E-state index contributed by atoms with van der Waals surface area (Å²) in [7, 11) is 0. The first kappa shape index (κ1) is 13.4. The van der Waals surface area contributed by atoms with E-state index in [9.17, 15) is 4.79 Å². The molecule has 4 heteroatoms. The highest BCUT2D eigenvalue weighted by molar-refractivity contribution is 6.01. The van der Waals surface area contributed by atoms with Crippen molar-refractivity contribution in [1.29, 1.82) is 5.26 Å². The van der Waals surface area contributed by atoms with Gasteiger partial charge in [0.15, 0.2) is 0 Å². The molecule has 0 heterocycles. The topological polar surface area (TPSA) is 64.9 Å². The lowest BCUT2D eigenvalue weighted by Crippen LogP contribution is -2.39. The normalized spacial score (nSPS) is 20.9. The van der Waals surface area contributed by atoms with Crippen LogP contribution in [0.4, 0.5) is 10.5 Å². The minimum absolute atomic E-state index is 0.0371. The molecule has 0 aliphatic heterocycles. The molecular formula is C17H17N3O. The molecule has 0 radical (unpaired) electrons. The van der Waals surface area contributed by atoms with E-state index in [1.165, 1.54) is 0 Å². The first-order valence-corrected chi connectivity index (χ1v) is 7.23. The van der Waals surface area contributed by atoms with Gasteiger partial charge in [0.1, 0.15) is 0 Å². The molecule has 106 valence electrons. The molecule has 0 bridgehead atoms. The van der Waals surface area contributed by atoms with E-state index in [-0.39, 0.29) is 18.0 Å². The minimum Gasteiger partial charge on any atom is -0.334 e. The Bertz CT molecular complexity index is 699. The van der Waals surface area contributed by atoms with E-state index < -0.39 is 0 Å². The number of carbonyl (C=O) groups excluding carboxylic acids is 1. The second kappa shape index (κ2) is 5.84. The molecule has 2 amide bonds. The van der Waals surface area contributed by atoms with Crippen molar-refractivity contribution in [3.63, 3.8) is 0 Å². The van der Waals surface area contributed by atoms with Crippen molar-refractivity contribution < 1.29 is 4.79 Å². The number of urea groups is 1. The van der Waals surface area contributed by atoms with Crippen molar-refractivity contribution in [3.8, 4) is 6.07 Å². The highest BCUT2D eigenvalue weighted by Gasteiger charge is 2.28. The molecule has 2 unspecified atom stereocenters. The summed E-state index contributed by atoms with van der Waals surface area (Å²) in [4.78, 5) is 12.1. The highest BCUT2D eigenvalue weighted by Crippen LogP contribution is 2.26. The lowest BCUT2D eigenvalue weighted by Gasteiger charge is -2.16. The number of rotatable bonds is 2. The molecule has 1 aliphatic carbocycles. The van der Waals surface area contributed by atoms with Crippen LogP contribution in [0.15, 0.2) is 42.5 Å². The summed E-state index contributed by atoms with van der Waals surface area (Å²) < 4.78 is 0. The van der Waals surface area contributed by atoms with Crippen LogP contribution < -0.4 is 10.6 Å². The van der Waals surface area contributed by atoms with Gasteiger partial charge in [0.2, 0.25) is 0 Å². The molecule has 21 heavy (non-hydrogen) atoms. The lowest BCUT2D eigenvalue weighted by molar-refractivity contribution is 0.247. The fraction of sp³-hybridized carbons (Fsp3) is 0.294. The van der Waals surface area contributed by atoms with Crippen molar-refractivity contribution >= 4 is 22.5 Å². The van der Waals surface area contributed by atoms with E-state index in [1.807, 2.05) is 42.5 Å². The minimum atomic E-state index is -0.237. The number of fused-ring (bicyclic) bond motifs is 1. The number of hydrogen-bond donors (Lipinski definition) is 2. The van der Waals surface area contributed by atoms with Crippen LogP contribution in [-0.4, -0.2) is 12.1 Å². The van der Waals surface area contributed by atoms with E-state index in [0.717, 1.165) is 35.7 Å². The Kier molecular flexibility index (Phi) is 3.74. The third kappa shape index (κ3) is 2.82. The van der Waals surface area contributed by atoms with Crippen molar-refractivity contribution in [2.24, 2.45) is 5.92 Å². The summed E-state index contributed by atoms with van der Waals surface area (Å²) >= 11 is 0. The molecule has 2 aromatic carbocycles. The molecule has 1 aliphatic rings. The van der Waals surface area contributed by atoms with Crippen LogP contribution in [0.3, 0.4) is 0 Å². The Morgan fingerprint density at radius 3 is 2.81 bits per heavy atom. The monoisotopic (exact) mass is 279 g/mol. The molecule has 2 aromatic rings. The molecule has 2 atom stereocenters. The second-order valence-electron chi connectivity index (χ2n) is 5.40. The lowest BCUT2D eigenvalue weighted by atomic mass is 10.1. The number of anilines is 1. The number of nitriles is 1. The van der Waals surface area contributed by atoms with Crippen LogP contribution in [0, 0.1) is 17.2 Å². The summed E-state index contributed by atoms with van der Waals surface area (Å²) in [5.74, 6) is -0.0664. The van der Waals surface area contributed by atoms with Crippen molar-refractivity contribution in [2.75, 3.05) is 5.32 Å². The average molecular weight is 279 g/mol. The van der Waals surface area contributed by atoms with Gasteiger partial charge in [-0.1, -0.05) is 36.4 Å². The van der Waals surface area contributed by atoms with Gasteiger partial charge in [-0.25, -0.2) is 4.79 Å². The maximum Gasteiger partial charge on any atom is 0.319 e. The number of nitrogens with one attached hydrogen (secondary N) is 2. The van der Waals surface area contributed by atoms with E-state index in [2.05, 4.69) is 16.7 Å². The Hall–Kier alpha value is -2.54. The number of benzene rings is 2. The van der Waals surface area contributed by atoms with Crippen molar-refractivity contribution in [2.45, 2.75) is 25.3 Å². The van der Waals surface area contributed by atoms with Gasteiger partial charge in [-0.05, 0) is 30.7 Å². The number of carbonyl (C=O) groups is 1. The van der Waals surface area contributed by atoms with Gasteiger partial charge in [0.05, 0.1) is 17.7 Å². The standard InChI is InChI=1S/C17H17N3O/c18-11-13-7-4-9-15(13)19-17(21)20-16-10-3-6-12-5-1-2-8-14(12)16/h1-3,5-6,8,10,13,15H,4,7,9H2,(H2,19,20,21). The average Bonchev–Trinajstić information content (AvgIpc) is 2.94. The predicted octanol–water partition coefficient (Wildman–Crippen LogP) is 3.65. The van der Waals surface area contributed by atoms with Gasteiger partial charge >= 0.3 is 6.03 Å². The molecule has 3 rings (SSSR count). The van der Waals surface area contributed by atoms with Crippen LogP contribution in [0.1, 0.15) is 19.3 Å². The number of nitrogens with zero attached hydrogens (tertiary/aromatic N) is 1. The van der Waals surface area contributed by atoms with Gasteiger partial charge in [-0.3, -0.25) is 0 Å². The Balaban J connectivity index is 1.73. The Labute approximate surface area is 123 Å². The first-order valence-electron chi connectivity index (χ1n) is 7.23. The van der Waals surface area contributed by atoms with Crippen molar-refractivity contribution in [3.05, 3.63) is 42.5 Å². The van der Waals surface area contributed by atoms with Gasteiger partial charge in [0, 0.05) is 11.4 Å². The van der Waals surface area contributed by atoms with Crippen LogP contribution in [0.5, 0.6) is 0 Å². The smallest absolute Gasteiger partial charge is 0.319 e. The number of hydrogen-bond acceptors (Lipinski definition) is 2. The fourth-order valence-corrected chi connectivity index (χ4v) is 2.95. The zero-order valence-corrected chi connectivity index (χ0v) is 11.7. The van der Waals surface area contributed by atoms with E-state index >= 15 is 0 Å². The summed E-state index contributed by atoms with van der Waals surface area (Å²) in [6, 6.07) is 15.7. The molecular weight excluding hydrogens is 262 g/mol. The van der Waals surface area contributed by atoms with Crippen LogP contribution in [0.2, 0.25) is 0 Å². The molecule has 1 saturated carbocycles. The number of amides is 2. The summed E-state index contributed by atoms with van der Waals surface area (Å²) in [6.45, 7) is 0. The first-order chi connectivity index (χ1) is 10.3. The Morgan fingerprint density at radius 2 is 1.95 bits per heavy atom. The van der Waals surface area contributed by atoms with Crippen LogP contribution in [-0.2, 0) is 0 Å². The largest absolute Gasteiger partial charge is 0.334 e. The summed E-state index contributed by atoms with van der Waals surface area (Å²) in [6.07, 6.45) is 2.74. The maximum atomic E-state index is 12.1. The van der Waals surface area contributed by atoms with Gasteiger partial charge in [0.25, 0.3) is 0 Å².